The van der Waals surface area contributed by atoms with Gasteiger partial charge < -0.3 is 10.1 Å². The highest BCUT2D eigenvalue weighted by Crippen LogP contribution is 2.26. The van der Waals surface area contributed by atoms with E-state index in [2.05, 4.69) is 25.9 Å². The summed E-state index contributed by atoms with van der Waals surface area (Å²) >= 11 is 3.46. The van der Waals surface area contributed by atoms with Crippen molar-refractivity contribution in [2.75, 3.05) is 0 Å². The predicted octanol–water partition coefficient (Wildman–Crippen LogP) is 2.51. The van der Waals surface area contributed by atoms with Crippen LogP contribution in [-0.2, 0) is 0 Å². The molecule has 0 unspecified atom stereocenters. The Balaban J connectivity index is 2.57. The fourth-order valence-corrected chi connectivity index (χ4v) is 2.01. The van der Waals surface area contributed by atoms with Crippen molar-refractivity contribution < 1.29 is 9.90 Å². The highest BCUT2D eigenvalue weighted by atomic mass is 79.9. The maximum atomic E-state index is 11.6. The smallest absolute Gasteiger partial charge is 0.342 e. The number of aryl methyl sites for hydroxylation is 2. The fraction of sp³-hybridized carbons (Fsp3) is 0.154. The second-order valence-corrected chi connectivity index (χ2v) is 5.00. The lowest BCUT2D eigenvalue weighted by Gasteiger charge is -2.07. The van der Waals surface area contributed by atoms with Crippen LogP contribution in [0.25, 0.3) is 11.4 Å². The van der Waals surface area contributed by atoms with E-state index >= 15 is 0 Å². The summed E-state index contributed by atoms with van der Waals surface area (Å²) in [5, 5.41) is 8.79. The van der Waals surface area contributed by atoms with Crippen LogP contribution in [0.15, 0.2) is 27.6 Å². The highest BCUT2D eigenvalue weighted by molar-refractivity contribution is 9.10. The zero-order chi connectivity index (χ0) is 14.2. The maximum Gasteiger partial charge on any atom is 0.342 e. The van der Waals surface area contributed by atoms with Crippen molar-refractivity contribution in [2.24, 2.45) is 0 Å². The van der Waals surface area contributed by atoms with Gasteiger partial charge in [0.25, 0.3) is 5.56 Å². The second kappa shape index (κ2) is 4.97. The van der Waals surface area contributed by atoms with E-state index in [9.17, 15) is 9.59 Å². The zero-order valence-electron chi connectivity index (χ0n) is 10.3. The summed E-state index contributed by atoms with van der Waals surface area (Å²) in [7, 11) is 0. The molecule has 1 heterocycles. The molecule has 19 heavy (non-hydrogen) atoms. The standard InChI is InChI=1S/C13H11BrN2O3/c1-6-3-8(4-7(2)10(6)14)11-15-5-9(13(18)19)12(17)16-11/h3-5H,1-2H3,(H,18,19)(H,15,16,17). The first-order valence-electron chi connectivity index (χ1n) is 5.50. The van der Waals surface area contributed by atoms with E-state index in [0.29, 0.717) is 5.82 Å². The van der Waals surface area contributed by atoms with Gasteiger partial charge in [-0.1, -0.05) is 15.9 Å². The van der Waals surface area contributed by atoms with Crippen molar-refractivity contribution in [1.29, 1.82) is 0 Å². The summed E-state index contributed by atoms with van der Waals surface area (Å²) < 4.78 is 1.00. The molecule has 0 saturated carbocycles. The van der Waals surface area contributed by atoms with Crippen molar-refractivity contribution in [3.8, 4) is 11.4 Å². The Kier molecular flexibility index (Phi) is 3.53. The third kappa shape index (κ3) is 2.58. The van der Waals surface area contributed by atoms with Crippen LogP contribution < -0.4 is 5.56 Å². The molecule has 6 heteroatoms. The Morgan fingerprint density at radius 3 is 2.37 bits per heavy atom. The van der Waals surface area contributed by atoms with Gasteiger partial charge in [-0.15, -0.1) is 0 Å². The number of nitrogens with zero attached hydrogens (tertiary/aromatic N) is 1. The maximum absolute atomic E-state index is 11.6. The van der Waals surface area contributed by atoms with E-state index in [0.717, 1.165) is 27.4 Å². The largest absolute Gasteiger partial charge is 0.477 e. The molecule has 2 rings (SSSR count). The van der Waals surface area contributed by atoms with Gasteiger partial charge in [0.2, 0.25) is 0 Å². The lowest BCUT2D eigenvalue weighted by atomic mass is 10.1. The van der Waals surface area contributed by atoms with Gasteiger partial charge in [0.05, 0.1) is 0 Å². The number of carbonyl (C=O) groups is 1. The van der Waals surface area contributed by atoms with E-state index in [1.54, 1.807) is 0 Å². The topological polar surface area (TPSA) is 83.0 Å². The molecule has 0 fully saturated rings. The Labute approximate surface area is 117 Å². The quantitative estimate of drug-likeness (QED) is 0.889. The number of aromatic carboxylic acids is 1. The van der Waals surface area contributed by atoms with Crippen LogP contribution in [0.1, 0.15) is 21.5 Å². The van der Waals surface area contributed by atoms with Gasteiger partial charge in [-0.05, 0) is 37.1 Å². The van der Waals surface area contributed by atoms with Gasteiger partial charge in [0.15, 0.2) is 0 Å². The number of aromatic amines is 1. The van der Waals surface area contributed by atoms with Crippen LogP contribution in [0.5, 0.6) is 0 Å². The third-order valence-electron chi connectivity index (χ3n) is 2.74. The molecule has 0 bridgehead atoms. The number of hydrogen-bond acceptors (Lipinski definition) is 3. The minimum absolute atomic E-state index is 0.355. The first kappa shape index (κ1) is 13.5. The molecular weight excluding hydrogens is 312 g/mol. The first-order valence-corrected chi connectivity index (χ1v) is 6.29. The number of rotatable bonds is 2. The lowest BCUT2D eigenvalue weighted by molar-refractivity contribution is 0.0694. The molecule has 0 radical (unpaired) electrons. The Morgan fingerprint density at radius 1 is 1.32 bits per heavy atom. The van der Waals surface area contributed by atoms with Crippen molar-refractivity contribution in [1.82, 2.24) is 9.97 Å². The Hall–Kier alpha value is -1.95. The normalized spacial score (nSPS) is 10.5. The molecular formula is C13H11BrN2O3. The van der Waals surface area contributed by atoms with Crippen molar-refractivity contribution in [3.05, 3.63) is 49.8 Å². The van der Waals surface area contributed by atoms with E-state index < -0.39 is 11.5 Å². The summed E-state index contributed by atoms with van der Waals surface area (Å²) in [6, 6.07) is 3.74. The molecule has 0 amide bonds. The molecule has 0 aliphatic rings. The van der Waals surface area contributed by atoms with E-state index in [-0.39, 0.29) is 5.56 Å². The molecule has 98 valence electrons. The molecule has 0 aliphatic carbocycles. The van der Waals surface area contributed by atoms with Crippen LogP contribution in [0, 0.1) is 13.8 Å². The average molecular weight is 323 g/mol. The number of carboxylic acid groups (broad SMARTS) is 1. The van der Waals surface area contributed by atoms with E-state index in [1.807, 2.05) is 26.0 Å². The molecule has 1 aromatic heterocycles. The van der Waals surface area contributed by atoms with E-state index in [1.165, 1.54) is 0 Å². The molecule has 0 spiro atoms. The molecule has 1 aromatic carbocycles. The number of aromatic nitrogens is 2. The van der Waals surface area contributed by atoms with E-state index in [4.69, 9.17) is 5.11 Å². The van der Waals surface area contributed by atoms with Crippen LogP contribution in [0.3, 0.4) is 0 Å². The van der Waals surface area contributed by atoms with Gasteiger partial charge in [0, 0.05) is 16.2 Å². The third-order valence-corrected chi connectivity index (χ3v) is 3.99. The lowest BCUT2D eigenvalue weighted by Crippen LogP contribution is -2.18. The summed E-state index contributed by atoms with van der Waals surface area (Å²) in [5.41, 5.74) is 1.75. The van der Waals surface area contributed by atoms with Crippen LogP contribution in [-0.4, -0.2) is 21.0 Å². The van der Waals surface area contributed by atoms with Gasteiger partial charge in [0.1, 0.15) is 11.4 Å². The number of benzene rings is 1. The highest BCUT2D eigenvalue weighted by Gasteiger charge is 2.11. The summed E-state index contributed by atoms with van der Waals surface area (Å²) in [6.45, 7) is 3.87. The molecule has 0 atom stereocenters. The molecule has 2 N–H and O–H groups in total. The SMILES string of the molecule is Cc1cc(-c2ncc(C(=O)O)c(=O)[nH]2)cc(C)c1Br. The van der Waals surface area contributed by atoms with Crippen molar-refractivity contribution >= 4 is 21.9 Å². The molecule has 0 aliphatic heterocycles. The molecule has 0 saturated heterocycles. The van der Waals surface area contributed by atoms with Crippen molar-refractivity contribution in [2.45, 2.75) is 13.8 Å². The number of H-pyrrole nitrogens is 1. The number of halogens is 1. The monoisotopic (exact) mass is 322 g/mol. The first-order chi connectivity index (χ1) is 8.90. The minimum atomic E-state index is -1.29. The van der Waals surface area contributed by atoms with Gasteiger partial charge in [-0.25, -0.2) is 9.78 Å². The molecule has 2 aromatic rings. The average Bonchev–Trinajstić information content (AvgIpc) is 2.34. The molecule has 5 nitrogen and oxygen atoms in total. The van der Waals surface area contributed by atoms with Crippen LogP contribution in [0.4, 0.5) is 0 Å². The van der Waals surface area contributed by atoms with Crippen LogP contribution >= 0.6 is 15.9 Å². The number of nitrogens with one attached hydrogen (secondary N) is 1. The van der Waals surface area contributed by atoms with Crippen LogP contribution in [0.2, 0.25) is 0 Å². The van der Waals surface area contributed by atoms with Gasteiger partial charge >= 0.3 is 5.97 Å². The number of carboxylic acids is 1. The Bertz CT molecular complexity index is 699. The number of hydrogen-bond donors (Lipinski definition) is 2. The minimum Gasteiger partial charge on any atom is -0.477 e. The fourth-order valence-electron chi connectivity index (χ4n) is 1.78. The zero-order valence-corrected chi connectivity index (χ0v) is 11.9. The summed E-state index contributed by atoms with van der Waals surface area (Å²) in [5.74, 6) is -0.933. The predicted molar refractivity (Wildman–Crippen MR) is 74.4 cm³/mol. The van der Waals surface area contributed by atoms with Gasteiger partial charge in [-0.2, -0.15) is 0 Å². The second-order valence-electron chi connectivity index (χ2n) is 4.20. The summed E-state index contributed by atoms with van der Waals surface area (Å²) in [4.78, 5) is 28.8. The summed E-state index contributed by atoms with van der Waals surface area (Å²) in [6.07, 6.45) is 1.07. The van der Waals surface area contributed by atoms with Gasteiger partial charge in [-0.3, -0.25) is 4.79 Å². The van der Waals surface area contributed by atoms with Crippen molar-refractivity contribution in [3.63, 3.8) is 0 Å². The Morgan fingerprint density at radius 2 is 1.89 bits per heavy atom.